The largest absolute Gasteiger partial charge is 0.416 e. The zero-order valence-electron chi connectivity index (χ0n) is 11.3. The smallest absolute Gasteiger partial charge is 0.330 e. The van der Waals surface area contributed by atoms with Gasteiger partial charge < -0.3 is 5.73 Å². The Morgan fingerprint density at radius 1 is 1.35 bits per heavy atom. The van der Waals surface area contributed by atoms with Crippen LogP contribution in [0.2, 0.25) is 0 Å². The van der Waals surface area contributed by atoms with E-state index >= 15 is 0 Å². The second kappa shape index (κ2) is 5.69. The van der Waals surface area contributed by atoms with Gasteiger partial charge in [0.15, 0.2) is 0 Å². The molecule has 0 amide bonds. The molecule has 2 rings (SSSR count). The molecule has 0 spiro atoms. The highest BCUT2D eigenvalue weighted by atomic mass is 19.4. The fraction of sp³-hybridized carbons (Fsp3) is 0.571. The highest BCUT2D eigenvalue weighted by Crippen LogP contribution is 2.42. The summed E-state index contributed by atoms with van der Waals surface area (Å²) in [6.07, 6.45) is -3.79. The second-order valence-corrected chi connectivity index (χ2v) is 5.09. The van der Waals surface area contributed by atoms with Gasteiger partial charge in [-0.15, -0.1) is 0 Å². The van der Waals surface area contributed by atoms with E-state index in [0.29, 0.717) is 19.2 Å². The molecule has 1 saturated heterocycles. The molecule has 0 saturated carbocycles. The van der Waals surface area contributed by atoms with Gasteiger partial charge in [-0.05, 0) is 49.7 Å². The van der Waals surface area contributed by atoms with Crippen molar-refractivity contribution in [2.45, 2.75) is 25.6 Å². The normalized spacial score (nSPS) is 24.3. The highest BCUT2D eigenvalue weighted by molar-refractivity contribution is 5.34. The summed E-state index contributed by atoms with van der Waals surface area (Å²) in [7, 11) is 0. The lowest BCUT2D eigenvalue weighted by Crippen LogP contribution is -2.30. The van der Waals surface area contributed by atoms with Gasteiger partial charge in [-0.1, -0.05) is 13.0 Å². The van der Waals surface area contributed by atoms with Crippen LogP contribution in [0.25, 0.3) is 0 Å². The quantitative estimate of drug-likeness (QED) is 0.866. The summed E-state index contributed by atoms with van der Waals surface area (Å²) in [5.74, 6) is -0.895. The molecule has 1 fully saturated rings. The molecule has 1 heterocycles. The summed E-state index contributed by atoms with van der Waals surface area (Å²) < 4.78 is 52.6. The van der Waals surface area contributed by atoms with Gasteiger partial charge in [0.1, 0.15) is 5.82 Å². The Morgan fingerprint density at radius 2 is 2.05 bits per heavy atom. The van der Waals surface area contributed by atoms with Crippen molar-refractivity contribution in [3.63, 3.8) is 0 Å². The molecule has 2 unspecified atom stereocenters. The van der Waals surface area contributed by atoms with Gasteiger partial charge in [0, 0.05) is 6.04 Å². The third kappa shape index (κ3) is 2.81. The number of halogens is 4. The Kier molecular flexibility index (Phi) is 4.34. The Hall–Kier alpha value is -1.14. The SMILES string of the molecule is CCN1CCC(CN)C1c1ccc(F)cc1C(F)(F)F. The van der Waals surface area contributed by atoms with Crippen molar-refractivity contribution in [1.29, 1.82) is 0 Å². The molecule has 2 N–H and O–H groups in total. The van der Waals surface area contributed by atoms with Crippen molar-refractivity contribution in [2.75, 3.05) is 19.6 Å². The molecule has 1 aromatic rings. The topological polar surface area (TPSA) is 29.3 Å². The molecular formula is C14H18F4N2. The predicted molar refractivity (Wildman–Crippen MR) is 68.6 cm³/mol. The molecule has 0 bridgehead atoms. The van der Waals surface area contributed by atoms with E-state index < -0.39 is 17.6 Å². The maximum Gasteiger partial charge on any atom is 0.416 e. The number of rotatable bonds is 3. The number of alkyl halides is 3. The number of likely N-dealkylation sites (tertiary alicyclic amines) is 1. The summed E-state index contributed by atoms with van der Waals surface area (Å²) in [5.41, 5.74) is 4.93. The fourth-order valence-electron chi connectivity index (χ4n) is 3.01. The summed E-state index contributed by atoms with van der Waals surface area (Å²) >= 11 is 0. The van der Waals surface area contributed by atoms with Gasteiger partial charge in [-0.2, -0.15) is 13.2 Å². The van der Waals surface area contributed by atoms with E-state index in [2.05, 4.69) is 0 Å². The summed E-state index contributed by atoms with van der Waals surface area (Å²) in [5, 5.41) is 0. The first-order valence-electron chi connectivity index (χ1n) is 6.69. The maximum atomic E-state index is 13.2. The molecule has 0 radical (unpaired) electrons. The number of hydrogen-bond donors (Lipinski definition) is 1. The van der Waals surface area contributed by atoms with Crippen molar-refractivity contribution in [3.05, 3.63) is 35.1 Å². The molecule has 1 aliphatic rings. The molecule has 1 aliphatic heterocycles. The van der Waals surface area contributed by atoms with Gasteiger partial charge in [0.25, 0.3) is 0 Å². The van der Waals surface area contributed by atoms with Crippen molar-refractivity contribution < 1.29 is 17.6 Å². The van der Waals surface area contributed by atoms with Crippen LogP contribution in [0, 0.1) is 11.7 Å². The van der Waals surface area contributed by atoms with Crippen LogP contribution < -0.4 is 5.73 Å². The van der Waals surface area contributed by atoms with Crippen LogP contribution in [-0.2, 0) is 6.18 Å². The first kappa shape index (κ1) is 15.3. The fourth-order valence-corrected chi connectivity index (χ4v) is 3.01. The van der Waals surface area contributed by atoms with Crippen LogP contribution in [0.3, 0.4) is 0 Å². The molecule has 20 heavy (non-hydrogen) atoms. The molecule has 112 valence electrons. The summed E-state index contributed by atoms with van der Waals surface area (Å²) in [6.45, 7) is 3.60. The zero-order chi connectivity index (χ0) is 14.9. The third-order valence-electron chi connectivity index (χ3n) is 3.98. The summed E-state index contributed by atoms with van der Waals surface area (Å²) in [6, 6.07) is 2.53. The number of nitrogens with zero attached hydrogens (tertiary/aromatic N) is 1. The molecule has 2 nitrogen and oxygen atoms in total. The van der Waals surface area contributed by atoms with E-state index in [9.17, 15) is 17.6 Å². The Balaban J connectivity index is 2.50. The monoisotopic (exact) mass is 290 g/mol. The van der Waals surface area contributed by atoms with Crippen LogP contribution in [0.4, 0.5) is 17.6 Å². The number of benzene rings is 1. The number of hydrogen-bond acceptors (Lipinski definition) is 2. The van der Waals surface area contributed by atoms with Gasteiger partial charge in [0.05, 0.1) is 5.56 Å². The van der Waals surface area contributed by atoms with Crippen molar-refractivity contribution in [2.24, 2.45) is 11.7 Å². The highest BCUT2D eigenvalue weighted by Gasteiger charge is 2.41. The average molecular weight is 290 g/mol. The first-order chi connectivity index (χ1) is 9.38. The van der Waals surface area contributed by atoms with E-state index in [0.717, 1.165) is 19.0 Å². The van der Waals surface area contributed by atoms with Crippen LogP contribution in [0.1, 0.15) is 30.5 Å². The first-order valence-corrected chi connectivity index (χ1v) is 6.69. The minimum absolute atomic E-state index is 0.0264. The number of nitrogens with two attached hydrogens (primary N) is 1. The molecule has 0 aliphatic carbocycles. The van der Waals surface area contributed by atoms with Gasteiger partial charge in [-0.3, -0.25) is 4.90 Å². The molecule has 0 aromatic heterocycles. The van der Waals surface area contributed by atoms with E-state index in [1.807, 2.05) is 11.8 Å². The average Bonchev–Trinajstić information content (AvgIpc) is 2.80. The van der Waals surface area contributed by atoms with Crippen LogP contribution in [0.5, 0.6) is 0 Å². The second-order valence-electron chi connectivity index (χ2n) is 5.09. The van der Waals surface area contributed by atoms with E-state index in [1.165, 1.54) is 6.07 Å². The molecule has 2 atom stereocenters. The molecule has 6 heteroatoms. The van der Waals surface area contributed by atoms with Gasteiger partial charge in [-0.25, -0.2) is 4.39 Å². The summed E-state index contributed by atoms with van der Waals surface area (Å²) in [4.78, 5) is 1.97. The van der Waals surface area contributed by atoms with Gasteiger partial charge in [0.2, 0.25) is 0 Å². The predicted octanol–water partition coefficient (Wildman–Crippen LogP) is 3.19. The Morgan fingerprint density at radius 3 is 2.60 bits per heavy atom. The third-order valence-corrected chi connectivity index (χ3v) is 3.98. The zero-order valence-corrected chi connectivity index (χ0v) is 11.3. The van der Waals surface area contributed by atoms with E-state index in [4.69, 9.17) is 5.73 Å². The van der Waals surface area contributed by atoms with Gasteiger partial charge >= 0.3 is 6.18 Å². The van der Waals surface area contributed by atoms with E-state index in [1.54, 1.807) is 0 Å². The van der Waals surface area contributed by atoms with Crippen molar-refractivity contribution in [3.8, 4) is 0 Å². The molecule has 1 aromatic carbocycles. The molecular weight excluding hydrogens is 272 g/mol. The lowest BCUT2D eigenvalue weighted by molar-refractivity contribution is -0.139. The minimum Gasteiger partial charge on any atom is -0.330 e. The van der Waals surface area contributed by atoms with Crippen LogP contribution in [0.15, 0.2) is 18.2 Å². The lowest BCUT2D eigenvalue weighted by Gasteiger charge is -2.29. The lowest BCUT2D eigenvalue weighted by atomic mass is 9.90. The van der Waals surface area contributed by atoms with Crippen molar-refractivity contribution >= 4 is 0 Å². The van der Waals surface area contributed by atoms with Crippen molar-refractivity contribution in [1.82, 2.24) is 4.90 Å². The Bertz CT molecular complexity index is 461. The maximum absolute atomic E-state index is 13.2. The standard InChI is InChI=1S/C14H18F4N2/c1-2-20-6-5-9(8-19)13(20)11-4-3-10(15)7-12(11)14(16,17)18/h3-4,7,9,13H,2,5-6,8,19H2,1H3. The van der Waals surface area contributed by atoms with E-state index in [-0.39, 0.29) is 17.5 Å². The minimum atomic E-state index is -4.56. The Labute approximate surface area is 115 Å². The van der Waals surface area contributed by atoms with Crippen LogP contribution >= 0.6 is 0 Å². The van der Waals surface area contributed by atoms with Crippen LogP contribution in [-0.4, -0.2) is 24.5 Å².